The third-order valence-electron chi connectivity index (χ3n) is 7.36. The zero-order valence-electron chi connectivity index (χ0n) is 20.8. The summed E-state index contributed by atoms with van der Waals surface area (Å²) in [7, 11) is 3.99. The molecule has 1 aromatic carbocycles. The Labute approximate surface area is 219 Å². The number of halogens is 2. The monoisotopic (exact) mass is 529 g/mol. The fourth-order valence-corrected chi connectivity index (χ4v) is 5.56. The molecule has 3 aliphatic rings. The summed E-state index contributed by atoms with van der Waals surface area (Å²) < 4.78 is 21.1. The van der Waals surface area contributed by atoms with Crippen LogP contribution >= 0.6 is 11.6 Å². The van der Waals surface area contributed by atoms with Crippen molar-refractivity contribution < 1.29 is 23.8 Å². The lowest BCUT2D eigenvalue weighted by Gasteiger charge is -2.39. The molecule has 1 aromatic heterocycles. The Morgan fingerprint density at radius 3 is 2.73 bits per heavy atom. The molecule has 2 amide bonds. The minimum absolute atomic E-state index is 0.00968. The van der Waals surface area contributed by atoms with Crippen LogP contribution in [0.15, 0.2) is 30.9 Å². The van der Waals surface area contributed by atoms with Crippen LogP contribution in [0.3, 0.4) is 0 Å². The van der Waals surface area contributed by atoms with Crippen LogP contribution in [0.1, 0.15) is 16.8 Å². The smallest absolute Gasteiger partial charge is 0.261 e. The van der Waals surface area contributed by atoms with Crippen molar-refractivity contribution in [2.45, 2.75) is 18.5 Å². The van der Waals surface area contributed by atoms with E-state index in [1.165, 1.54) is 24.3 Å². The number of anilines is 1. The summed E-state index contributed by atoms with van der Waals surface area (Å²) in [5.41, 5.74) is 0.0751. The number of benzene rings is 1. The number of fused-ring (bicyclic) bond motifs is 2. The number of hydrogen-bond acceptors (Lipinski definition) is 7. The molecule has 0 bridgehead atoms. The van der Waals surface area contributed by atoms with Crippen LogP contribution in [0.4, 0.5) is 10.2 Å². The predicted octanol–water partition coefficient (Wildman–Crippen LogP) is 2.62. The number of amides is 2. The summed E-state index contributed by atoms with van der Waals surface area (Å²) in [5.74, 6) is -1.06. The van der Waals surface area contributed by atoms with Gasteiger partial charge in [-0.05, 0) is 38.7 Å². The molecule has 0 aliphatic carbocycles. The van der Waals surface area contributed by atoms with Crippen molar-refractivity contribution in [1.82, 2.24) is 19.7 Å². The number of carbonyl (C=O) groups is 2. The van der Waals surface area contributed by atoms with Gasteiger partial charge in [0.15, 0.2) is 5.75 Å². The molecule has 2 saturated heterocycles. The number of phenolic OH excluding ortho intramolecular Hbond substituents is 1. The van der Waals surface area contributed by atoms with Gasteiger partial charge in [-0.3, -0.25) is 9.59 Å². The van der Waals surface area contributed by atoms with Gasteiger partial charge in [-0.25, -0.2) is 9.37 Å². The van der Waals surface area contributed by atoms with Crippen LogP contribution in [0.25, 0.3) is 11.3 Å². The molecule has 0 spiro atoms. The maximum absolute atomic E-state index is 14.9. The summed E-state index contributed by atoms with van der Waals surface area (Å²) in [5, 5.41) is 10.5. The van der Waals surface area contributed by atoms with Gasteiger partial charge in [0.2, 0.25) is 5.91 Å². The molecule has 0 unspecified atom stereocenters. The molecule has 0 radical (unpaired) electrons. The van der Waals surface area contributed by atoms with E-state index < -0.39 is 11.9 Å². The molecule has 4 heterocycles. The van der Waals surface area contributed by atoms with Crippen LogP contribution in [0, 0.1) is 5.82 Å². The molecule has 37 heavy (non-hydrogen) atoms. The van der Waals surface area contributed by atoms with E-state index in [2.05, 4.69) is 11.5 Å². The van der Waals surface area contributed by atoms with Crippen LogP contribution in [-0.4, -0.2) is 102 Å². The molecule has 196 valence electrons. The van der Waals surface area contributed by atoms with E-state index in [4.69, 9.17) is 21.3 Å². The van der Waals surface area contributed by atoms with Gasteiger partial charge in [0.25, 0.3) is 5.91 Å². The number of rotatable bonds is 4. The molecule has 2 atom stereocenters. The molecule has 1 N–H and O–H groups in total. The molecule has 3 aliphatic heterocycles. The standard InChI is InChI=1S/C26H29ClFN5O4/c1-4-19(35)31-10-11-33-16(13-31)14-37-24-21(26(33)36)25(32-9-8-15(12-32)30(2)3)29-23(22(24)27)20-17(28)6-5-7-18(20)34/h4-7,15-16,34H,1,8-14H2,2-3H3/t15-,16-/m1/s1. The maximum atomic E-state index is 14.9. The number of aromatic hydroxyl groups is 1. The predicted molar refractivity (Wildman–Crippen MR) is 138 cm³/mol. The van der Waals surface area contributed by atoms with E-state index in [9.17, 15) is 19.1 Å². The fraction of sp³-hybridized carbons (Fsp3) is 0.423. The number of ether oxygens (including phenoxy) is 1. The first-order chi connectivity index (χ1) is 17.7. The molecule has 2 fully saturated rings. The van der Waals surface area contributed by atoms with Gasteiger partial charge in [-0.15, -0.1) is 0 Å². The molecule has 9 nitrogen and oxygen atoms in total. The second-order valence-corrected chi connectivity index (χ2v) is 10.1. The lowest BCUT2D eigenvalue weighted by Crippen LogP contribution is -2.57. The average Bonchev–Trinajstić information content (AvgIpc) is 3.32. The second kappa shape index (κ2) is 9.83. The molecule has 0 saturated carbocycles. The number of nitrogens with zero attached hydrogens (tertiary/aromatic N) is 5. The van der Waals surface area contributed by atoms with Gasteiger partial charge in [-0.2, -0.15) is 0 Å². The highest BCUT2D eigenvalue weighted by Gasteiger charge is 2.41. The Hall–Kier alpha value is -3.37. The van der Waals surface area contributed by atoms with E-state index >= 15 is 0 Å². The van der Waals surface area contributed by atoms with E-state index in [1.54, 1.807) is 9.80 Å². The highest BCUT2D eigenvalue weighted by molar-refractivity contribution is 6.35. The second-order valence-electron chi connectivity index (χ2n) is 9.74. The summed E-state index contributed by atoms with van der Waals surface area (Å²) in [6, 6.07) is 3.80. The Bertz CT molecular complexity index is 1250. The van der Waals surface area contributed by atoms with E-state index in [0.29, 0.717) is 38.5 Å². The first kappa shape index (κ1) is 25.3. The van der Waals surface area contributed by atoms with Crippen molar-refractivity contribution in [3.63, 3.8) is 0 Å². The molecular formula is C26H29ClFN5O4. The zero-order valence-corrected chi connectivity index (χ0v) is 21.5. The Kier molecular flexibility index (Phi) is 6.72. The minimum atomic E-state index is -0.691. The highest BCUT2D eigenvalue weighted by Crippen LogP contribution is 2.46. The number of pyridine rings is 1. The van der Waals surface area contributed by atoms with Crippen LogP contribution < -0.4 is 9.64 Å². The number of carbonyl (C=O) groups excluding carboxylic acids is 2. The van der Waals surface area contributed by atoms with Crippen molar-refractivity contribution in [3.8, 4) is 22.8 Å². The topological polar surface area (TPSA) is 89.5 Å². The van der Waals surface area contributed by atoms with E-state index in [0.717, 1.165) is 6.42 Å². The summed E-state index contributed by atoms with van der Waals surface area (Å²) in [6.07, 6.45) is 2.11. The van der Waals surface area contributed by atoms with Gasteiger partial charge in [0.05, 0.1) is 11.6 Å². The third kappa shape index (κ3) is 4.38. The first-order valence-electron chi connectivity index (χ1n) is 12.2. The Morgan fingerprint density at radius 1 is 1.27 bits per heavy atom. The largest absolute Gasteiger partial charge is 0.507 e. The Balaban J connectivity index is 1.64. The quantitative estimate of drug-likeness (QED) is 0.609. The number of hydrogen-bond donors (Lipinski definition) is 1. The highest BCUT2D eigenvalue weighted by atomic mass is 35.5. The molecule has 5 rings (SSSR count). The summed E-state index contributed by atoms with van der Waals surface area (Å²) in [4.78, 5) is 38.4. The van der Waals surface area contributed by atoms with Crippen molar-refractivity contribution in [2.75, 3.05) is 58.3 Å². The van der Waals surface area contributed by atoms with Crippen LogP contribution in [0.2, 0.25) is 5.02 Å². The van der Waals surface area contributed by atoms with E-state index in [1.807, 2.05) is 19.0 Å². The summed E-state index contributed by atoms with van der Waals surface area (Å²) >= 11 is 6.76. The van der Waals surface area contributed by atoms with Crippen molar-refractivity contribution >= 4 is 29.2 Å². The van der Waals surface area contributed by atoms with Crippen LogP contribution in [0.5, 0.6) is 11.5 Å². The number of aromatic nitrogens is 1. The van der Waals surface area contributed by atoms with Crippen molar-refractivity contribution in [3.05, 3.63) is 47.3 Å². The van der Waals surface area contributed by atoms with Crippen LogP contribution in [-0.2, 0) is 4.79 Å². The Morgan fingerprint density at radius 2 is 2.05 bits per heavy atom. The van der Waals surface area contributed by atoms with Gasteiger partial charge in [-0.1, -0.05) is 24.2 Å². The zero-order chi connectivity index (χ0) is 26.4. The van der Waals surface area contributed by atoms with Gasteiger partial charge in [0, 0.05) is 38.8 Å². The number of likely N-dealkylation sites (N-methyl/N-ethyl adjacent to an activating group) is 1. The molecule has 2 aromatic rings. The average molecular weight is 530 g/mol. The molecular weight excluding hydrogens is 501 g/mol. The summed E-state index contributed by atoms with van der Waals surface area (Å²) in [6.45, 7) is 5.86. The fourth-order valence-electron chi connectivity index (χ4n) is 5.27. The SMILES string of the molecule is C=CC(=O)N1CCN2C(=O)c3c(N4CC[C@@H](N(C)C)C4)nc(-c4c(O)cccc4F)c(Cl)c3OC[C@H]2C1. The normalized spacial score (nSPS) is 21.4. The van der Waals surface area contributed by atoms with E-state index in [-0.39, 0.29) is 57.8 Å². The van der Waals surface area contributed by atoms with Gasteiger partial charge in [0.1, 0.15) is 40.3 Å². The lowest BCUT2D eigenvalue weighted by molar-refractivity contribution is -0.128. The maximum Gasteiger partial charge on any atom is 0.261 e. The third-order valence-corrected chi connectivity index (χ3v) is 7.71. The number of phenols is 1. The van der Waals surface area contributed by atoms with Gasteiger partial charge < -0.3 is 29.4 Å². The van der Waals surface area contributed by atoms with Gasteiger partial charge >= 0.3 is 0 Å². The lowest BCUT2D eigenvalue weighted by atomic mass is 10.1. The first-order valence-corrected chi connectivity index (χ1v) is 12.6. The van der Waals surface area contributed by atoms with Crippen molar-refractivity contribution in [1.29, 1.82) is 0 Å². The van der Waals surface area contributed by atoms with Crippen molar-refractivity contribution in [2.24, 2.45) is 0 Å². The number of piperazine rings is 1. The minimum Gasteiger partial charge on any atom is -0.507 e. The molecule has 11 heteroatoms.